The van der Waals surface area contributed by atoms with Crippen LogP contribution in [0.2, 0.25) is 0 Å². The minimum absolute atomic E-state index is 0.150. The molecule has 0 atom stereocenters. The molecule has 0 amide bonds. The molecule has 0 spiro atoms. The Balaban J connectivity index is 1.98. The quantitative estimate of drug-likeness (QED) is 0.876. The van der Waals surface area contributed by atoms with E-state index in [1.165, 1.54) is 11.6 Å². The topological polar surface area (TPSA) is 72.2 Å². The number of hydrogen-bond acceptors (Lipinski definition) is 4. The Hall–Kier alpha value is -1.21. The third kappa shape index (κ3) is 3.64. The van der Waals surface area contributed by atoms with Crippen molar-refractivity contribution in [3.63, 3.8) is 0 Å². The number of benzene rings is 1. The summed E-state index contributed by atoms with van der Waals surface area (Å²) in [6.45, 7) is 1.38. The number of hydrogen-bond donors (Lipinski definition) is 2. The zero-order valence-corrected chi connectivity index (χ0v) is 11.3. The lowest BCUT2D eigenvalue weighted by molar-refractivity contribution is 0.597. The van der Waals surface area contributed by atoms with Gasteiger partial charge in [0.1, 0.15) is 0 Å². The minimum atomic E-state index is -3.62. The molecule has 2 rings (SSSR count). The maximum atomic E-state index is 11.2. The molecular weight excluding hydrogens is 268 g/mol. The average Bonchev–Trinajstić information content (AvgIpc) is 2.81. The molecule has 0 aliphatic heterocycles. The molecule has 2 aromatic rings. The van der Waals surface area contributed by atoms with Gasteiger partial charge in [-0.2, -0.15) is 11.3 Å². The van der Waals surface area contributed by atoms with E-state index in [1.807, 2.05) is 11.4 Å². The Morgan fingerprint density at radius 1 is 1.17 bits per heavy atom. The van der Waals surface area contributed by atoms with Crippen molar-refractivity contribution < 1.29 is 8.42 Å². The van der Waals surface area contributed by atoms with Gasteiger partial charge in [-0.05, 0) is 40.1 Å². The fraction of sp³-hybridized carbons (Fsp3) is 0.167. The monoisotopic (exact) mass is 282 g/mol. The smallest absolute Gasteiger partial charge is 0.238 e. The maximum absolute atomic E-state index is 11.2. The van der Waals surface area contributed by atoms with Crippen LogP contribution >= 0.6 is 11.3 Å². The van der Waals surface area contributed by atoms with Gasteiger partial charge in [-0.3, -0.25) is 0 Å². The van der Waals surface area contributed by atoms with Crippen molar-refractivity contribution in [2.45, 2.75) is 18.0 Å². The van der Waals surface area contributed by atoms with Crippen molar-refractivity contribution >= 4 is 21.4 Å². The van der Waals surface area contributed by atoms with Crippen LogP contribution in [0.4, 0.5) is 0 Å². The Labute approximate surface area is 111 Å². The van der Waals surface area contributed by atoms with Crippen molar-refractivity contribution in [3.05, 3.63) is 52.2 Å². The van der Waals surface area contributed by atoms with E-state index in [9.17, 15) is 8.42 Å². The van der Waals surface area contributed by atoms with Gasteiger partial charge in [0.05, 0.1) is 4.90 Å². The van der Waals surface area contributed by atoms with E-state index in [0.29, 0.717) is 6.54 Å². The highest BCUT2D eigenvalue weighted by atomic mass is 32.2. The summed E-state index contributed by atoms with van der Waals surface area (Å²) in [6, 6.07) is 8.71. The summed E-state index contributed by atoms with van der Waals surface area (Å²) < 4.78 is 22.4. The number of sulfonamides is 1. The summed E-state index contributed by atoms with van der Waals surface area (Å²) in [5, 5.41) is 12.4. The van der Waals surface area contributed by atoms with Crippen molar-refractivity contribution in [1.82, 2.24) is 5.32 Å². The molecule has 3 N–H and O–H groups in total. The molecule has 18 heavy (non-hydrogen) atoms. The summed E-state index contributed by atoms with van der Waals surface area (Å²) in [6.07, 6.45) is 0. The Morgan fingerprint density at radius 2 is 1.94 bits per heavy atom. The first-order chi connectivity index (χ1) is 8.55. The lowest BCUT2D eigenvalue weighted by Gasteiger charge is -2.05. The molecular formula is C12H14N2O2S2. The zero-order valence-electron chi connectivity index (χ0n) is 9.67. The number of nitrogens with one attached hydrogen (secondary N) is 1. The van der Waals surface area contributed by atoms with Crippen LogP contribution in [0, 0.1) is 0 Å². The second-order valence-electron chi connectivity index (χ2n) is 3.93. The minimum Gasteiger partial charge on any atom is -0.309 e. The van der Waals surface area contributed by atoms with Crippen LogP contribution in [0.1, 0.15) is 11.1 Å². The molecule has 0 unspecified atom stereocenters. The van der Waals surface area contributed by atoms with Gasteiger partial charge in [0.25, 0.3) is 0 Å². The molecule has 1 aromatic heterocycles. The van der Waals surface area contributed by atoms with Crippen LogP contribution in [0.3, 0.4) is 0 Å². The number of rotatable bonds is 5. The summed E-state index contributed by atoms with van der Waals surface area (Å²) >= 11 is 1.66. The molecule has 0 saturated heterocycles. The molecule has 0 aliphatic rings. The van der Waals surface area contributed by atoms with E-state index in [-0.39, 0.29) is 4.90 Å². The van der Waals surface area contributed by atoms with E-state index in [0.717, 1.165) is 12.1 Å². The predicted molar refractivity (Wildman–Crippen MR) is 72.7 cm³/mol. The van der Waals surface area contributed by atoms with Crippen molar-refractivity contribution in [1.29, 1.82) is 0 Å². The first-order valence-corrected chi connectivity index (χ1v) is 7.88. The van der Waals surface area contributed by atoms with Gasteiger partial charge < -0.3 is 5.32 Å². The number of primary sulfonamides is 1. The first kappa shape index (κ1) is 13.2. The van der Waals surface area contributed by atoms with Gasteiger partial charge in [0, 0.05) is 13.1 Å². The van der Waals surface area contributed by atoms with Gasteiger partial charge in [-0.25, -0.2) is 13.6 Å². The molecule has 96 valence electrons. The lowest BCUT2D eigenvalue weighted by atomic mass is 10.2. The van der Waals surface area contributed by atoms with Crippen LogP contribution in [0.5, 0.6) is 0 Å². The Bertz CT molecular complexity index is 607. The molecule has 0 radical (unpaired) electrons. The molecule has 6 heteroatoms. The van der Waals surface area contributed by atoms with Gasteiger partial charge in [0.15, 0.2) is 0 Å². The molecule has 0 aliphatic carbocycles. The molecule has 0 saturated carbocycles. The molecule has 4 nitrogen and oxygen atoms in total. The lowest BCUT2D eigenvalue weighted by Crippen LogP contribution is -2.15. The Kier molecular flexibility index (Phi) is 4.13. The molecule has 0 bridgehead atoms. The van der Waals surface area contributed by atoms with Crippen LogP contribution in [0.15, 0.2) is 46.0 Å². The van der Waals surface area contributed by atoms with E-state index < -0.39 is 10.0 Å². The third-order valence-corrected chi connectivity index (χ3v) is 4.11. The number of nitrogens with two attached hydrogens (primary N) is 1. The largest absolute Gasteiger partial charge is 0.309 e. The van der Waals surface area contributed by atoms with Gasteiger partial charge in [0.2, 0.25) is 10.0 Å². The zero-order chi connectivity index (χ0) is 13.0. The fourth-order valence-corrected chi connectivity index (χ4v) is 2.83. The van der Waals surface area contributed by atoms with E-state index in [2.05, 4.69) is 16.8 Å². The van der Waals surface area contributed by atoms with Crippen molar-refractivity contribution in [2.75, 3.05) is 0 Å². The van der Waals surface area contributed by atoms with Gasteiger partial charge in [-0.15, -0.1) is 0 Å². The first-order valence-electron chi connectivity index (χ1n) is 5.39. The Morgan fingerprint density at radius 3 is 2.61 bits per heavy atom. The second-order valence-corrected chi connectivity index (χ2v) is 6.27. The maximum Gasteiger partial charge on any atom is 0.238 e. The van der Waals surface area contributed by atoms with Crippen molar-refractivity contribution in [3.8, 4) is 0 Å². The standard InChI is InChI=1S/C12H14N2O2S2/c13-18(15,16)12-3-1-2-10(6-12)7-14-8-11-4-5-17-9-11/h1-6,9,14H,7-8H2,(H2,13,15,16). The molecule has 1 aromatic carbocycles. The summed E-state index contributed by atoms with van der Waals surface area (Å²) in [7, 11) is -3.62. The van der Waals surface area contributed by atoms with Gasteiger partial charge >= 0.3 is 0 Å². The third-order valence-electron chi connectivity index (χ3n) is 2.47. The van der Waals surface area contributed by atoms with Crippen LogP contribution < -0.4 is 10.5 Å². The van der Waals surface area contributed by atoms with E-state index >= 15 is 0 Å². The predicted octanol–water partition coefficient (Wildman–Crippen LogP) is 1.69. The van der Waals surface area contributed by atoms with Crippen LogP contribution in [-0.4, -0.2) is 8.42 Å². The second kappa shape index (κ2) is 5.62. The van der Waals surface area contributed by atoms with Crippen molar-refractivity contribution in [2.24, 2.45) is 5.14 Å². The normalized spacial score (nSPS) is 11.6. The average molecular weight is 282 g/mol. The fourth-order valence-electron chi connectivity index (χ4n) is 1.58. The molecule has 0 fully saturated rings. The van der Waals surface area contributed by atoms with E-state index in [4.69, 9.17) is 5.14 Å². The van der Waals surface area contributed by atoms with E-state index in [1.54, 1.807) is 23.5 Å². The van der Waals surface area contributed by atoms with Crippen LogP contribution in [-0.2, 0) is 23.1 Å². The summed E-state index contributed by atoms with van der Waals surface area (Å²) in [4.78, 5) is 0.150. The number of thiophene rings is 1. The highest BCUT2D eigenvalue weighted by Crippen LogP contribution is 2.10. The molecule has 1 heterocycles. The van der Waals surface area contributed by atoms with Gasteiger partial charge in [-0.1, -0.05) is 12.1 Å². The highest BCUT2D eigenvalue weighted by Gasteiger charge is 2.07. The summed E-state index contributed by atoms with van der Waals surface area (Å²) in [5.74, 6) is 0. The summed E-state index contributed by atoms with van der Waals surface area (Å²) in [5.41, 5.74) is 2.12. The highest BCUT2D eigenvalue weighted by molar-refractivity contribution is 7.89. The SMILES string of the molecule is NS(=O)(=O)c1cccc(CNCc2ccsc2)c1. The van der Waals surface area contributed by atoms with Crippen LogP contribution in [0.25, 0.3) is 0 Å².